The average molecular weight is 302 g/mol. The molecule has 0 unspecified atom stereocenters. The van der Waals surface area contributed by atoms with Gasteiger partial charge >= 0.3 is 0 Å². The van der Waals surface area contributed by atoms with Gasteiger partial charge in [-0.1, -0.05) is 6.92 Å². The van der Waals surface area contributed by atoms with Crippen molar-refractivity contribution in [2.24, 2.45) is 5.92 Å². The zero-order valence-corrected chi connectivity index (χ0v) is 13.5. The summed E-state index contributed by atoms with van der Waals surface area (Å²) < 4.78 is 1.12. The molecule has 1 heterocycles. The summed E-state index contributed by atoms with van der Waals surface area (Å²) >= 11 is 1.56. The number of thiophene rings is 1. The van der Waals surface area contributed by atoms with Crippen LogP contribution >= 0.6 is 11.3 Å². The summed E-state index contributed by atoms with van der Waals surface area (Å²) in [5.74, 6) is 0.950. The molecule has 2 N–H and O–H groups in total. The number of fused-ring (bicyclic) bond motifs is 1. The number of anilines is 1. The molecule has 1 aliphatic rings. The number of hydrogen-bond acceptors (Lipinski definition) is 3. The smallest absolute Gasteiger partial charge is 0.263 e. The Kier molecular flexibility index (Phi) is 3.89. The third-order valence-corrected chi connectivity index (χ3v) is 5.71. The van der Waals surface area contributed by atoms with Crippen molar-refractivity contribution >= 4 is 33.0 Å². The van der Waals surface area contributed by atoms with Gasteiger partial charge in [0, 0.05) is 23.5 Å². The highest BCUT2D eigenvalue weighted by Crippen LogP contribution is 2.31. The monoisotopic (exact) mass is 302 g/mol. The number of hydrogen-bond donors (Lipinski definition) is 1. The SMILES string of the molecule is CC1CCC(N(C)C(=O)c2cc3cc(N)ccc3s2)CC1. The third kappa shape index (κ3) is 2.91. The number of benzene rings is 1. The molecule has 3 rings (SSSR count). The molecule has 1 amide bonds. The number of amides is 1. The first kappa shape index (κ1) is 14.4. The van der Waals surface area contributed by atoms with Gasteiger partial charge in [-0.15, -0.1) is 11.3 Å². The minimum Gasteiger partial charge on any atom is -0.399 e. The Hall–Kier alpha value is -1.55. The molecule has 1 saturated carbocycles. The van der Waals surface area contributed by atoms with Crippen LogP contribution in [0.4, 0.5) is 5.69 Å². The van der Waals surface area contributed by atoms with Crippen LogP contribution in [0.2, 0.25) is 0 Å². The fourth-order valence-electron chi connectivity index (χ4n) is 3.14. The van der Waals surface area contributed by atoms with E-state index in [-0.39, 0.29) is 5.91 Å². The summed E-state index contributed by atoms with van der Waals surface area (Å²) in [5.41, 5.74) is 6.55. The van der Waals surface area contributed by atoms with Gasteiger partial charge < -0.3 is 10.6 Å². The van der Waals surface area contributed by atoms with E-state index in [2.05, 4.69) is 6.92 Å². The molecular weight excluding hydrogens is 280 g/mol. The Balaban J connectivity index is 1.79. The molecule has 0 radical (unpaired) electrons. The van der Waals surface area contributed by atoms with E-state index in [4.69, 9.17) is 5.73 Å². The lowest BCUT2D eigenvalue weighted by atomic mass is 9.87. The molecule has 4 heteroatoms. The van der Waals surface area contributed by atoms with Gasteiger partial charge in [0.15, 0.2) is 0 Å². The Bertz CT molecular complexity index is 656. The lowest BCUT2D eigenvalue weighted by Gasteiger charge is -2.33. The maximum absolute atomic E-state index is 12.7. The number of carbonyl (C=O) groups excluding carboxylic acids is 1. The summed E-state index contributed by atoms with van der Waals surface area (Å²) in [5, 5.41) is 1.06. The Morgan fingerprint density at radius 1 is 1.24 bits per heavy atom. The molecule has 1 aromatic heterocycles. The highest BCUT2D eigenvalue weighted by molar-refractivity contribution is 7.20. The second kappa shape index (κ2) is 5.68. The van der Waals surface area contributed by atoms with Crippen LogP contribution in [0, 0.1) is 5.92 Å². The molecule has 112 valence electrons. The van der Waals surface area contributed by atoms with Gasteiger partial charge in [-0.05, 0) is 61.3 Å². The average Bonchev–Trinajstić information content (AvgIpc) is 2.89. The van der Waals surface area contributed by atoms with E-state index in [9.17, 15) is 4.79 Å². The van der Waals surface area contributed by atoms with Gasteiger partial charge in [0.1, 0.15) is 0 Å². The van der Waals surface area contributed by atoms with Crippen LogP contribution in [-0.4, -0.2) is 23.9 Å². The van der Waals surface area contributed by atoms with Gasteiger partial charge in [0.05, 0.1) is 4.88 Å². The van der Waals surface area contributed by atoms with Crippen molar-refractivity contribution in [1.82, 2.24) is 4.90 Å². The number of carbonyl (C=O) groups is 1. The van der Waals surface area contributed by atoms with Crippen LogP contribution in [0.5, 0.6) is 0 Å². The molecule has 1 aliphatic carbocycles. The van der Waals surface area contributed by atoms with Crippen molar-refractivity contribution in [1.29, 1.82) is 0 Å². The second-order valence-electron chi connectivity index (χ2n) is 6.24. The molecule has 2 aromatic rings. The zero-order valence-electron chi connectivity index (χ0n) is 12.6. The first-order chi connectivity index (χ1) is 10.0. The summed E-state index contributed by atoms with van der Waals surface area (Å²) in [7, 11) is 1.95. The van der Waals surface area contributed by atoms with Crippen LogP contribution in [-0.2, 0) is 0 Å². The minimum absolute atomic E-state index is 0.148. The maximum Gasteiger partial charge on any atom is 0.263 e. The fraction of sp³-hybridized carbons (Fsp3) is 0.471. The van der Waals surface area contributed by atoms with Crippen LogP contribution < -0.4 is 5.73 Å². The van der Waals surface area contributed by atoms with Crippen LogP contribution in [0.3, 0.4) is 0 Å². The highest BCUT2D eigenvalue weighted by Gasteiger charge is 2.26. The van der Waals surface area contributed by atoms with Crippen LogP contribution in [0.25, 0.3) is 10.1 Å². The normalized spacial score (nSPS) is 22.4. The van der Waals surface area contributed by atoms with Crippen molar-refractivity contribution in [2.75, 3.05) is 12.8 Å². The molecule has 3 nitrogen and oxygen atoms in total. The van der Waals surface area contributed by atoms with Crippen molar-refractivity contribution in [3.05, 3.63) is 29.1 Å². The van der Waals surface area contributed by atoms with E-state index in [1.165, 1.54) is 12.8 Å². The topological polar surface area (TPSA) is 46.3 Å². The maximum atomic E-state index is 12.7. The van der Waals surface area contributed by atoms with Gasteiger partial charge in [0.25, 0.3) is 5.91 Å². The molecule has 21 heavy (non-hydrogen) atoms. The lowest BCUT2D eigenvalue weighted by molar-refractivity contribution is 0.0684. The standard InChI is InChI=1S/C17H22N2OS/c1-11-3-6-14(7-4-11)19(2)17(20)16-10-12-9-13(18)5-8-15(12)21-16/h5,8-11,14H,3-4,6-7,18H2,1-2H3. The van der Waals surface area contributed by atoms with Crippen LogP contribution in [0.1, 0.15) is 42.3 Å². The molecular formula is C17H22N2OS. The van der Waals surface area contributed by atoms with Gasteiger partial charge in [-0.25, -0.2) is 0 Å². The fourth-order valence-corrected chi connectivity index (χ4v) is 4.16. The van der Waals surface area contributed by atoms with Crippen molar-refractivity contribution in [3.8, 4) is 0 Å². The lowest BCUT2D eigenvalue weighted by Crippen LogP contribution is -2.38. The zero-order chi connectivity index (χ0) is 15.0. The van der Waals surface area contributed by atoms with E-state index >= 15 is 0 Å². The second-order valence-corrected chi connectivity index (χ2v) is 7.32. The van der Waals surface area contributed by atoms with E-state index < -0.39 is 0 Å². The molecule has 0 spiro atoms. The Morgan fingerprint density at radius 2 is 1.95 bits per heavy atom. The largest absolute Gasteiger partial charge is 0.399 e. The number of nitrogen functional groups attached to an aromatic ring is 1. The van der Waals surface area contributed by atoms with Crippen molar-refractivity contribution in [2.45, 2.75) is 38.6 Å². The minimum atomic E-state index is 0.148. The molecule has 0 saturated heterocycles. The van der Waals surface area contributed by atoms with Gasteiger partial charge in [0.2, 0.25) is 0 Å². The molecule has 0 aliphatic heterocycles. The molecule has 1 fully saturated rings. The molecule has 0 atom stereocenters. The predicted molar refractivity (Wildman–Crippen MR) is 89.8 cm³/mol. The highest BCUT2D eigenvalue weighted by atomic mass is 32.1. The van der Waals surface area contributed by atoms with E-state index in [1.807, 2.05) is 36.2 Å². The van der Waals surface area contributed by atoms with E-state index in [1.54, 1.807) is 11.3 Å². The first-order valence-electron chi connectivity index (χ1n) is 7.61. The molecule has 1 aromatic carbocycles. The predicted octanol–water partition coefficient (Wildman–Crippen LogP) is 4.13. The Morgan fingerprint density at radius 3 is 2.67 bits per heavy atom. The Labute approximate surface area is 129 Å². The summed E-state index contributed by atoms with van der Waals surface area (Å²) in [4.78, 5) is 15.4. The number of nitrogens with two attached hydrogens (primary N) is 1. The molecule has 0 bridgehead atoms. The summed E-state index contributed by atoms with van der Waals surface area (Å²) in [6.45, 7) is 2.30. The summed E-state index contributed by atoms with van der Waals surface area (Å²) in [6.07, 6.45) is 4.71. The van der Waals surface area contributed by atoms with Crippen LogP contribution in [0.15, 0.2) is 24.3 Å². The van der Waals surface area contributed by atoms with E-state index in [0.717, 1.165) is 39.4 Å². The number of rotatable bonds is 2. The third-order valence-electron chi connectivity index (χ3n) is 4.60. The van der Waals surface area contributed by atoms with Crippen molar-refractivity contribution < 1.29 is 4.79 Å². The van der Waals surface area contributed by atoms with Crippen molar-refractivity contribution in [3.63, 3.8) is 0 Å². The van der Waals surface area contributed by atoms with Gasteiger partial charge in [-0.2, -0.15) is 0 Å². The van der Waals surface area contributed by atoms with E-state index in [0.29, 0.717) is 6.04 Å². The quantitative estimate of drug-likeness (QED) is 0.848. The van der Waals surface area contributed by atoms with Gasteiger partial charge in [-0.3, -0.25) is 4.79 Å². The first-order valence-corrected chi connectivity index (χ1v) is 8.42. The summed E-state index contributed by atoms with van der Waals surface area (Å²) in [6, 6.07) is 8.18. The number of nitrogens with zero attached hydrogens (tertiary/aromatic N) is 1.